The summed E-state index contributed by atoms with van der Waals surface area (Å²) >= 11 is 3.22. The predicted octanol–water partition coefficient (Wildman–Crippen LogP) is 2.13. The standard InChI is InChI=1S/C7H8BrO3P/c8-7-3-1-2-6(4-7)5-12(9,10)11/h1-4H,5H2,(H2,9,10,11). The minimum absolute atomic E-state index is 0.202. The second-order valence-electron chi connectivity index (χ2n) is 2.45. The summed E-state index contributed by atoms with van der Waals surface area (Å²) in [5.41, 5.74) is 0.637. The zero-order valence-corrected chi connectivity index (χ0v) is 8.62. The SMILES string of the molecule is O=P(O)(O)Cc1cccc(Br)c1. The first kappa shape index (κ1) is 9.93. The van der Waals surface area contributed by atoms with E-state index in [9.17, 15) is 4.57 Å². The molecule has 0 amide bonds. The highest BCUT2D eigenvalue weighted by molar-refractivity contribution is 9.10. The quantitative estimate of drug-likeness (QED) is 0.791. The highest BCUT2D eigenvalue weighted by atomic mass is 79.9. The number of halogens is 1. The van der Waals surface area contributed by atoms with Crippen LogP contribution < -0.4 is 0 Å². The fourth-order valence-electron chi connectivity index (χ4n) is 0.873. The van der Waals surface area contributed by atoms with Crippen molar-refractivity contribution in [1.82, 2.24) is 0 Å². The van der Waals surface area contributed by atoms with E-state index in [-0.39, 0.29) is 6.16 Å². The van der Waals surface area contributed by atoms with Crippen LogP contribution in [0.3, 0.4) is 0 Å². The van der Waals surface area contributed by atoms with Crippen LogP contribution in [0.25, 0.3) is 0 Å². The molecule has 0 saturated carbocycles. The highest BCUT2D eigenvalue weighted by Crippen LogP contribution is 2.39. The van der Waals surface area contributed by atoms with E-state index in [4.69, 9.17) is 9.79 Å². The minimum atomic E-state index is -3.93. The maximum atomic E-state index is 10.6. The summed E-state index contributed by atoms with van der Waals surface area (Å²) in [7, 11) is -3.93. The summed E-state index contributed by atoms with van der Waals surface area (Å²) in [4.78, 5) is 17.3. The Morgan fingerprint density at radius 3 is 2.58 bits per heavy atom. The van der Waals surface area contributed by atoms with E-state index in [1.807, 2.05) is 6.07 Å². The van der Waals surface area contributed by atoms with Crippen molar-refractivity contribution >= 4 is 23.5 Å². The van der Waals surface area contributed by atoms with Gasteiger partial charge in [-0.2, -0.15) is 0 Å². The molecular weight excluding hydrogens is 243 g/mol. The average Bonchev–Trinajstić information content (AvgIpc) is 1.82. The van der Waals surface area contributed by atoms with E-state index in [0.29, 0.717) is 5.56 Å². The van der Waals surface area contributed by atoms with Crippen molar-refractivity contribution in [2.75, 3.05) is 0 Å². The molecule has 0 aliphatic carbocycles. The van der Waals surface area contributed by atoms with Gasteiger partial charge in [-0.25, -0.2) is 0 Å². The summed E-state index contributed by atoms with van der Waals surface area (Å²) in [6.07, 6.45) is -0.202. The van der Waals surface area contributed by atoms with Crippen LogP contribution in [0, 0.1) is 0 Å². The van der Waals surface area contributed by atoms with Gasteiger partial charge in [-0.1, -0.05) is 28.1 Å². The van der Waals surface area contributed by atoms with Crippen LogP contribution in [0.4, 0.5) is 0 Å². The number of hydrogen-bond acceptors (Lipinski definition) is 1. The van der Waals surface area contributed by atoms with E-state index in [2.05, 4.69) is 15.9 Å². The van der Waals surface area contributed by atoms with Gasteiger partial charge < -0.3 is 9.79 Å². The molecule has 0 aromatic heterocycles. The molecule has 0 spiro atoms. The van der Waals surface area contributed by atoms with Crippen molar-refractivity contribution in [1.29, 1.82) is 0 Å². The molecule has 1 rings (SSSR count). The third-order valence-electron chi connectivity index (χ3n) is 1.28. The van der Waals surface area contributed by atoms with Crippen molar-refractivity contribution in [2.45, 2.75) is 6.16 Å². The van der Waals surface area contributed by atoms with Gasteiger partial charge in [0, 0.05) is 4.47 Å². The van der Waals surface area contributed by atoms with Crippen molar-refractivity contribution in [2.24, 2.45) is 0 Å². The average molecular weight is 251 g/mol. The molecule has 0 heterocycles. The molecule has 3 nitrogen and oxygen atoms in total. The number of rotatable bonds is 2. The third kappa shape index (κ3) is 3.50. The molecule has 0 bridgehead atoms. The Morgan fingerprint density at radius 1 is 1.42 bits per heavy atom. The zero-order chi connectivity index (χ0) is 9.19. The number of benzene rings is 1. The molecular formula is C7H8BrO3P. The van der Waals surface area contributed by atoms with Crippen LogP contribution >= 0.6 is 23.5 Å². The molecule has 0 radical (unpaired) electrons. The van der Waals surface area contributed by atoms with Gasteiger partial charge in [-0.15, -0.1) is 0 Å². The topological polar surface area (TPSA) is 57.5 Å². The molecule has 5 heteroatoms. The van der Waals surface area contributed by atoms with Crippen LogP contribution in [-0.2, 0) is 10.7 Å². The summed E-state index contributed by atoms with van der Waals surface area (Å²) < 4.78 is 11.4. The third-order valence-corrected chi connectivity index (χ3v) is 2.55. The van der Waals surface area contributed by atoms with E-state index in [1.54, 1.807) is 18.2 Å². The minimum Gasteiger partial charge on any atom is -0.324 e. The lowest BCUT2D eigenvalue weighted by Crippen LogP contribution is -1.85. The van der Waals surface area contributed by atoms with Gasteiger partial charge in [-0.3, -0.25) is 4.57 Å². The Balaban J connectivity index is 2.84. The van der Waals surface area contributed by atoms with E-state index in [1.165, 1.54) is 0 Å². The summed E-state index contributed by atoms with van der Waals surface area (Å²) in [6, 6.07) is 6.93. The van der Waals surface area contributed by atoms with Crippen molar-refractivity contribution in [3.63, 3.8) is 0 Å². The van der Waals surface area contributed by atoms with Crippen LogP contribution in [0.5, 0.6) is 0 Å². The van der Waals surface area contributed by atoms with Gasteiger partial charge in [0.25, 0.3) is 0 Å². The van der Waals surface area contributed by atoms with E-state index >= 15 is 0 Å². The van der Waals surface area contributed by atoms with Gasteiger partial charge >= 0.3 is 7.60 Å². The molecule has 12 heavy (non-hydrogen) atoms. The van der Waals surface area contributed by atoms with Crippen LogP contribution in [0.1, 0.15) is 5.56 Å². The molecule has 1 aromatic carbocycles. The maximum absolute atomic E-state index is 10.6. The monoisotopic (exact) mass is 250 g/mol. The summed E-state index contributed by atoms with van der Waals surface area (Å²) in [5, 5.41) is 0. The second-order valence-corrected chi connectivity index (χ2v) is 5.01. The van der Waals surface area contributed by atoms with Gasteiger partial charge in [0.2, 0.25) is 0 Å². The molecule has 66 valence electrons. The molecule has 2 N–H and O–H groups in total. The van der Waals surface area contributed by atoms with Gasteiger partial charge in [-0.05, 0) is 17.7 Å². The fourth-order valence-corrected chi connectivity index (χ4v) is 1.99. The lowest BCUT2D eigenvalue weighted by molar-refractivity contribution is 0.371. The number of hydrogen-bond donors (Lipinski definition) is 2. The predicted molar refractivity (Wildman–Crippen MR) is 49.9 cm³/mol. The first-order valence-electron chi connectivity index (χ1n) is 3.26. The zero-order valence-electron chi connectivity index (χ0n) is 6.14. The van der Waals surface area contributed by atoms with Gasteiger partial charge in [0.05, 0.1) is 6.16 Å². The summed E-state index contributed by atoms with van der Waals surface area (Å²) in [6.45, 7) is 0. The molecule has 0 unspecified atom stereocenters. The van der Waals surface area contributed by atoms with Crippen molar-refractivity contribution < 1.29 is 14.4 Å². The fraction of sp³-hybridized carbons (Fsp3) is 0.143. The molecule has 0 aliphatic heterocycles. The molecule has 1 aromatic rings. The maximum Gasteiger partial charge on any atom is 0.329 e. The van der Waals surface area contributed by atoms with Crippen LogP contribution in [-0.4, -0.2) is 9.79 Å². The lowest BCUT2D eigenvalue weighted by Gasteiger charge is -2.03. The Morgan fingerprint density at radius 2 is 2.08 bits per heavy atom. The largest absolute Gasteiger partial charge is 0.329 e. The first-order chi connectivity index (χ1) is 5.47. The van der Waals surface area contributed by atoms with Crippen LogP contribution in [0.2, 0.25) is 0 Å². The van der Waals surface area contributed by atoms with Gasteiger partial charge in [0.1, 0.15) is 0 Å². The van der Waals surface area contributed by atoms with Crippen molar-refractivity contribution in [3.8, 4) is 0 Å². The van der Waals surface area contributed by atoms with Gasteiger partial charge in [0.15, 0.2) is 0 Å². The normalized spacial score (nSPS) is 11.6. The second kappa shape index (κ2) is 3.71. The smallest absolute Gasteiger partial charge is 0.324 e. The lowest BCUT2D eigenvalue weighted by atomic mass is 10.2. The highest BCUT2D eigenvalue weighted by Gasteiger charge is 2.13. The molecule has 0 fully saturated rings. The first-order valence-corrected chi connectivity index (χ1v) is 5.85. The van der Waals surface area contributed by atoms with Crippen LogP contribution in [0.15, 0.2) is 28.7 Å². The molecule has 0 aliphatic rings. The molecule has 0 atom stereocenters. The van der Waals surface area contributed by atoms with E-state index < -0.39 is 7.60 Å². The van der Waals surface area contributed by atoms with E-state index in [0.717, 1.165) is 4.47 Å². The van der Waals surface area contributed by atoms with Crippen molar-refractivity contribution in [3.05, 3.63) is 34.3 Å². The molecule has 0 saturated heterocycles. The summed E-state index contributed by atoms with van der Waals surface area (Å²) in [5.74, 6) is 0. The Hall–Kier alpha value is -0.150. The Labute approximate surface area is 78.7 Å². The Kier molecular flexibility index (Phi) is 3.07. The Bertz CT molecular complexity index is 320.